The fourth-order valence-corrected chi connectivity index (χ4v) is 3.05. The van der Waals surface area contributed by atoms with Gasteiger partial charge in [0.2, 0.25) is 0 Å². The van der Waals surface area contributed by atoms with Crippen LogP contribution in [-0.2, 0) is 0 Å². The molecule has 23 heavy (non-hydrogen) atoms. The monoisotopic (exact) mass is 306 g/mol. The van der Waals surface area contributed by atoms with E-state index in [1.54, 1.807) is 6.26 Å². The van der Waals surface area contributed by atoms with Crippen molar-refractivity contribution in [1.29, 1.82) is 0 Å². The predicted molar refractivity (Wildman–Crippen MR) is 93.3 cm³/mol. The highest BCUT2D eigenvalue weighted by Gasteiger charge is 2.18. The molecule has 2 atom stereocenters. The first kappa shape index (κ1) is 15.6. The molecule has 0 aliphatic rings. The lowest BCUT2D eigenvalue weighted by atomic mass is 9.93. The van der Waals surface area contributed by atoms with Crippen molar-refractivity contribution in [3.63, 3.8) is 0 Å². The van der Waals surface area contributed by atoms with E-state index in [1.807, 2.05) is 6.07 Å². The molecule has 0 saturated carbocycles. The number of nitrogens with two attached hydrogens (primary N) is 1. The number of quaternary nitrogens is 1. The summed E-state index contributed by atoms with van der Waals surface area (Å²) in [5, 5.41) is 2.41. The second kappa shape index (κ2) is 7.80. The van der Waals surface area contributed by atoms with Crippen LogP contribution in [0.4, 0.5) is 0 Å². The van der Waals surface area contributed by atoms with Gasteiger partial charge in [0.05, 0.1) is 12.8 Å². The van der Waals surface area contributed by atoms with Gasteiger partial charge in [-0.1, -0.05) is 60.7 Å². The Balaban J connectivity index is 1.64. The first-order chi connectivity index (χ1) is 11.3. The Morgan fingerprint density at radius 3 is 2.09 bits per heavy atom. The second-order valence-corrected chi connectivity index (χ2v) is 5.99. The highest BCUT2D eigenvalue weighted by molar-refractivity contribution is 5.27. The summed E-state index contributed by atoms with van der Waals surface area (Å²) in [5.41, 5.74) is 2.70. The Morgan fingerprint density at radius 1 is 0.826 bits per heavy atom. The van der Waals surface area contributed by atoms with Crippen LogP contribution in [-0.4, -0.2) is 6.54 Å². The van der Waals surface area contributed by atoms with Crippen LogP contribution in [0.15, 0.2) is 83.5 Å². The molecular weight excluding hydrogens is 282 g/mol. The molecule has 3 rings (SSSR count). The van der Waals surface area contributed by atoms with Gasteiger partial charge in [0.1, 0.15) is 11.8 Å². The van der Waals surface area contributed by atoms with Gasteiger partial charge >= 0.3 is 0 Å². The molecule has 0 saturated heterocycles. The standard InChI is InChI=1S/C21H23NO/c1-17(18-9-4-2-5-10-18)22-15-14-20(21-13-8-16-23-21)19-11-6-3-7-12-19/h2-13,16-17,20,22H,14-15H2,1H3/p+1/t17-,20-/m0/s1. The average Bonchev–Trinajstić information content (AvgIpc) is 3.14. The number of furan rings is 1. The zero-order chi connectivity index (χ0) is 15.9. The number of hydrogen-bond donors (Lipinski definition) is 1. The number of hydrogen-bond acceptors (Lipinski definition) is 1. The highest BCUT2D eigenvalue weighted by Crippen LogP contribution is 2.27. The van der Waals surface area contributed by atoms with Gasteiger partial charge in [-0.3, -0.25) is 0 Å². The first-order valence-electron chi connectivity index (χ1n) is 8.31. The summed E-state index contributed by atoms with van der Waals surface area (Å²) in [6.45, 7) is 3.33. The van der Waals surface area contributed by atoms with E-state index in [0.717, 1.165) is 18.7 Å². The number of benzene rings is 2. The lowest BCUT2D eigenvalue weighted by Gasteiger charge is -2.16. The van der Waals surface area contributed by atoms with Gasteiger partial charge in [-0.2, -0.15) is 0 Å². The molecule has 2 aromatic carbocycles. The van der Waals surface area contributed by atoms with Gasteiger partial charge < -0.3 is 9.73 Å². The Hall–Kier alpha value is -2.32. The van der Waals surface area contributed by atoms with E-state index < -0.39 is 0 Å². The largest absolute Gasteiger partial charge is 0.469 e. The average molecular weight is 306 g/mol. The molecule has 0 aliphatic heterocycles. The Morgan fingerprint density at radius 2 is 1.48 bits per heavy atom. The summed E-state index contributed by atoms with van der Waals surface area (Å²) in [4.78, 5) is 0. The van der Waals surface area contributed by atoms with Crippen molar-refractivity contribution in [2.45, 2.75) is 25.3 Å². The summed E-state index contributed by atoms with van der Waals surface area (Å²) < 4.78 is 5.68. The fraction of sp³-hybridized carbons (Fsp3) is 0.238. The van der Waals surface area contributed by atoms with Crippen molar-refractivity contribution in [2.24, 2.45) is 0 Å². The van der Waals surface area contributed by atoms with Crippen LogP contribution >= 0.6 is 0 Å². The van der Waals surface area contributed by atoms with Crippen LogP contribution in [0.25, 0.3) is 0 Å². The molecular formula is C21H24NO+. The number of rotatable bonds is 7. The maximum absolute atomic E-state index is 5.68. The summed E-state index contributed by atoms with van der Waals surface area (Å²) in [6, 6.07) is 25.8. The quantitative estimate of drug-likeness (QED) is 0.699. The summed E-state index contributed by atoms with van der Waals surface area (Å²) in [6.07, 6.45) is 2.83. The summed E-state index contributed by atoms with van der Waals surface area (Å²) >= 11 is 0. The minimum Gasteiger partial charge on any atom is -0.469 e. The normalized spacial score (nSPS) is 13.6. The molecule has 0 bridgehead atoms. The van der Waals surface area contributed by atoms with Crippen LogP contribution in [0.5, 0.6) is 0 Å². The predicted octanol–water partition coefficient (Wildman–Crippen LogP) is 4.13. The summed E-state index contributed by atoms with van der Waals surface area (Å²) in [5.74, 6) is 1.38. The van der Waals surface area contributed by atoms with Crippen LogP contribution in [0.1, 0.15) is 42.2 Å². The molecule has 0 aliphatic carbocycles. The molecule has 1 heterocycles. The van der Waals surface area contributed by atoms with Gasteiger partial charge in [-0.25, -0.2) is 0 Å². The van der Waals surface area contributed by atoms with E-state index in [1.165, 1.54) is 11.1 Å². The third-order valence-corrected chi connectivity index (χ3v) is 4.39. The maximum atomic E-state index is 5.68. The van der Waals surface area contributed by atoms with E-state index in [4.69, 9.17) is 4.42 Å². The van der Waals surface area contributed by atoms with Crippen LogP contribution in [0, 0.1) is 0 Å². The lowest BCUT2D eigenvalue weighted by Crippen LogP contribution is -2.84. The zero-order valence-corrected chi connectivity index (χ0v) is 13.6. The van der Waals surface area contributed by atoms with Gasteiger partial charge in [-0.15, -0.1) is 0 Å². The maximum Gasteiger partial charge on any atom is 0.111 e. The topological polar surface area (TPSA) is 29.8 Å². The van der Waals surface area contributed by atoms with E-state index in [0.29, 0.717) is 12.0 Å². The molecule has 0 unspecified atom stereocenters. The molecule has 2 N–H and O–H groups in total. The highest BCUT2D eigenvalue weighted by atomic mass is 16.3. The van der Waals surface area contributed by atoms with Crippen LogP contribution < -0.4 is 5.32 Å². The van der Waals surface area contributed by atoms with Gasteiger partial charge in [0, 0.05) is 17.9 Å². The first-order valence-corrected chi connectivity index (χ1v) is 8.31. The van der Waals surface area contributed by atoms with Crippen LogP contribution in [0.3, 0.4) is 0 Å². The van der Waals surface area contributed by atoms with E-state index in [9.17, 15) is 0 Å². The zero-order valence-electron chi connectivity index (χ0n) is 13.6. The van der Waals surface area contributed by atoms with E-state index >= 15 is 0 Å². The molecule has 0 fully saturated rings. The van der Waals surface area contributed by atoms with Crippen molar-refractivity contribution >= 4 is 0 Å². The molecule has 2 heteroatoms. The lowest BCUT2D eigenvalue weighted by molar-refractivity contribution is -0.693. The third-order valence-electron chi connectivity index (χ3n) is 4.39. The van der Waals surface area contributed by atoms with Crippen LogP contribution in [0.2, 0.25) is 0 Å². The molecule has 0 spiro atoms. The third kappa shape index (κ3) is 4.11. The SMILES string of the molecule is C[C@H]([NH2+]CC[C@@H](c1ccccc1)c1ccco1)c1ccccc1. The van der Waals surface area contributed by atoms with Crippen molar-refractivity contribution in [3.05, 3.63) is 95.9 Å². The van der Waals surface area contributed by atoms with E-state index in [-0.39, 0.29) is 0 Å². The molecule has 118 valence electrons. The molecule has 3 aromatic rings. The molecule has 1 aromatic heterocycles. The fourth-order valence-electron chi connectivity index (χ4n) is 3.05. The smallest absolute Gasteiger partial charge is 0.111 e. The van der Waals surface area contributed by atoms with Crippen molar-refractivity contribution in [1.82, 2.24) is 0 Å². The Bertz CT molecular complexity index is 676. The molecule has 0 radical (unpaired) electrons. The summed E-state index contributed by atoms with van der Waals surface area (Å²) in [7, 11) is 0. The molecule has 0 amide bonds. The van der Waals surface area contributed by atoms with Gasteiger partial charge in [0.15, 0.2) is 0 Å². The minimum atomic E-state index is 0.324. The second-order valence-electron chi connectivity index (χ2n) is 5.99. The molecule has 2 nitrogen and oxygen atoms in total. The Labute approximate surface area is 138 Å². The van der Waals surface area contributed by atoms with Crippen molar-refractivity contribution in [2.75, 3.05) is 6.54 Å². The van der Waals surface area contributed by atoms with Gasteiger partial charge in [-0.05, 0) is 24.6 Å². The minimum absolute atomic E-state index is 0.324. The van der Waals surface area contributed by atoms with E-state index in [2.05, 4.69) is 79.0 Å². The van der Waals surface area contributed by atoms with Gasteiger partial charge in [0.25, 0.3) is 0 Å². The van der Waals surface area contributed by atoms with Crippen molar-refractivity contribution in [3.8, 4) is 0 Å². The Kier molecular flexibility index (Phi) is 5.28. The van der Waals surface area contributed by atoms with Crippen molar-refractivity contribution < 1.29 is 9.73 Å².